The number of anilines is 1. The lowest BCUT2D eigenvalue weighted by Gasteiger charge is -2.25. The van der Waals surface area contributed by atoms with Gasteiger partial charge in [0.15, 0.2) is 0 Å². The first-order valence-electron chi connectivity index (χ1n) is 10.9. The van der Waals surface area contributed by atoms with Crippen molar-refractivity contribution in [2.75, 3.05) is 4.90 Å². The molecule has 1 amide bonds. The molecule has 0 radical (unpaired) electrons. The van der Waals surface area contributed by atoms with Crippen LogP contribution in [0.1, 0.15) is 31.0 Å². The molecular formula is C26H21F3N2O5. The number of ether oxygens (including phenoxy) is 2. The smallest absolute Gasteiger partial charge is 0.507 e. The summed E-state index contributed by atoms with van der Waals surface area (Å²) in [6.45, 7) is 3.72. The highest BCUT2D eigenvalue weighted by atomic mass is 19.4. The van der Waals surface area contributed by atoms with Crippen molar-refractivity contribution < 1.29 is 37.3 Å². The number of nitrogens with zero attached hydrogens (tertiary/aromatic N) is 2. The number of carbonyl (C=O) groups excluding carboxylic acids is 2. The third-order valence-corrected chi connectivity index (χ3v) is 5.30. The summed E-state index contributed by atoms with van der Waals surface area (Å²) in [4.78, 5) is 31.3. The van der Waals surface area contributed by atoms with Gasteiger partial charge in [0.05, 0.1) is 17.7 Å². The molecule has 1 aliphatic heterocycles. The fourth-order valence-corrected chi connectivity index (χ4v) is 3.91. The third kappa shape index (κ3) is 5.17. The van der Waals surface area contributed by atoms with Gasteiger partial charge in [-0.1, -0.05) is 6.07 Å². The lowest BCUT2D eigenvalue weighted by molar-refractivity contribution is -0.274. The number of ketones is 1. The first-order valence-corrected chi connectivity index (χ1v) is 10.9. The second-order valence-corrected chi connectivity index (χ2v) is 8.19. The van der Waals surface area contributed by atoms with Gasteiger partial charge in [-0.2, -0.15) is 0 Å². The van der Waals surface area contributed by atoms with Crippen molar-refractivity contribution in [1.29, 1.82) is 0 Å². The third-order valence-electron chi connectivity index (χ3n) is 5.30. The fourth-order valence-electron chi connectivity index (χ4n) is 3.91. The van der Waals surface area contributed by atoms with Crippen molar-refractivity contribution in [1.82, 2.24) is 4.98 Å². The molecule has 0 bridgehead atoms. The van der Waals surface area contributed by atoms with E-state index in [9.17, 15) is 27.9 Å². The number of hydrogen-bond acceptors (Lipinski definition) is 6. The number of aromatic nitrogens is 1. The molecule has 0 spiro atoms. The Hall–Kier alpha value is -4.34. The standard InChI is InChI=1S/C26H21F3N2O5/c1-15(2)35-19-8-6-17(7-9-19)23(32)21-22(16-10-12-30-13-11-16)31(25(34)24(21)33)18-4-3-5-20(14-18)36-26(27,28)29/h3-15,22,32H,1-2H3/b23-21+. The van der Waals surface area contributed by atoms with E-state index in [0.717, 1.165) is 17.0 Å². The lowest BCUT2D eigenvalue weighted by Crippen LogP contribution is -2.29. The summed E-state index contributed by atoms with van der Waals surface area (Å²) >= 11 is 0. The number of aliphatic hydroxyl groups excluding tert-OH is 1. The van der Waals surface area contributed by atoms with Crippen LogP contribution in [0, 0.1) is 0 Å². The van der Waals surface area contributed by atoms with E-state index in [1.807, 2.05) is 13.8 Å². The number of aliphatic hydroxyl groups is 1. The Morgan fingerprint density at radius 1 is 1.00 bits per heavy atom. The van der Waals surface area contributed by atoms with Gasteiger partial charge in [0, 0.05) is 29.7 Å². The Labute approximate surface area is 204 Å². The molecule has 36 heavy (non-hydrogen) atoms. The minimum atomic E-state index is -4.94. The topological polar surface area (TPSA) is 89.0 Å². The molecular weight excluding hydrogens is 477 g/mol. The van der Waals surface area contributed by atoms with E-state index >= 15 is 0 Å². The summed E-state index contributed by atoms with van der Waals surface area (Å²) in [5, 5.41) is 11.1. The van der Waals surface area contributed by atoms with Crippen LogP contribution in [0.3, 0.4) is 0 Å². The predicted molar refractivity (Wildman–Crippen MR) is 124 cm³/mol. The molecule has 4 rings (SSSR count). The van der Waals surface area contributed by atoms with E-state index in [1.165, 1.54) is 24.5 Å². The average molecular weight is 498 g/mol. The maximum atomic E-state index is 13.2. The van der Waals surface area contributed by atoms with E-state index in [4.69, 9.17) is 4.74 Å². The number of carbonyl (C=O) groups is 2. The van der Waals surface area contributed by atoms with Crippen molar-refractivity contribution >= 4 is 23.1 Å². The Morgan fingerprint density at radius 2 is 1.67 bits per heavy atom. The molecule has 0 saturated carbocycles. The molecule has 10 heteroatoms. The van der Waals surface area contributed by atoms with Crippen molar-refractivity contribution in [3.63, 3.8) is 0 Å². The van der Waals surface area contributed by atoms with Gasteiger partial charge in [0.25, 0.3) is 11.7 Å². The number of halogens is 3. The molecule has 2 aromatic carbocycles. The van der Waals surface area contributed by atoms with Gasteiger partial charge in [0.2, 0.25) is 0 Å². The number of hydrogen-bond donors (Lipinski definition) is 1. The van der Waals surface area contributed by atoms with Crippen molar-refractivity contribution in [3.05, 3.63) is 89.8 Å². The Kier molecular flexibility index (Phi) is 6.69. The number of rotatable bonds is 6. The average Bonchev–Trinajstić information content (AvgIpc) is 3.09. The predicted octanol–water partition coefficient (Wildman–Crippen LogP) is 5.39. The molecule has 1 saturated heterocycles. The zero-order valence-electron chi connectivity index (χ0n) is 19.2. The molecule has 1 aliphatic rings. The highest BCUT2D eigenvalue weighted by molar-refractivity contribution is 6.51. The van der Waals surface area contributed by atoms with Crippen molar-refractivity contribution in [2.45, 2.75) is 32.4 Å². The number of benzene rings is 2. The molecule has 1 fully saturated rings. The van der Waals surface area contributed by atoms with Gasteiger partial charge in [-0.3, -0.25) is 19.5 Å². The van der Waals surface area contributed by atoms with Crippen LogP contribution in [0.2, 0.25) is 0 Å². The molecule has 1 N–H and O–H groups in total. The van der Waals surface area contributed by atoms with Gasteiger partial charge in [0.1, 0.15) is 17.3 Å². The van der Waals surface area contributed by atoms with E-state index in [1.54, 1.807) is 36.4 Å². The number of pyridine rings is 1. The summed E-state index contributed by atoms with van der Waals surface area (Å²) in [6.07, 6.45) is -2.13. The second-order valence-electron chi connectivity index (χ2n) is 8.19. The summed E-state index contributed by atoms with van der Waals surface area (Å²) in [6, 6.07) is 13.0. The van der Waals surface area contributed by atoms with Gasteiger partial charge < -0.3 is 14.6 Å². The van der Waals surface area contributed by atoms with Crippen molar-refractivity contribution in [3.8, 4) is 11.5 Å². The van der Waals surface area contributed by atoms with E-state index in [-0.39, 0.29) is 22.9 Å². The summed E-state index contributed by atoms with van der Waals surface area (Å²) in [5.74, 6) is -2.44. The quantitative estimate of drug-likeness (QED) is 0.278. The van der Waals surface area contributed by atoms with Gasteiger partial charge in [-0.15, -0.1) is 13.2 Å². The van der Waals surface area contributed by atoms with E-state index in [2.05, 4.69) is 9.72 Å². The highest BCUT2D eigenvalue weighted by Crippen LogP contribution is 2.43. The molecule has 2 heterocycles. The fraction of sp³-hybridized carbons (Fsp3) is 0.192. The molecule has 7 nitrogen and oxygen atoms in total. The molecule has 1 aromatic heterocycles. The molecule has 1 atom stereocenters. The number of Topliss-reactive ketones (excluding diaryl/α,β-unsaturated/α-hetero) is 1. The van der Waals surface area contributed by atoms with Crippen LogP contribution in [0.25, 0.3) is 5.76 Å². The van der Waals surface area contributed by atoms with Crippen LogP contribution < -0.4 is 14.4 Å². The van der Waals surface area contributed by atoms with Crippen LogP contribution in [0.5, 0.6) is 11.5 Å². The number of amides is 1. The second kappa shape index (κ2) is 9.73. The zero-order valence-corrected chi connectivity index (χ0v) is 19.2. The first-order chi connectivity index (χ1) is 17.0. The summed E-state index contributed by atoms with van der Waals surface area (Å²) < 4.78 is 47.9. The summed E-state index contributed by atoms with van der Waals surface area (Å²) in [7, 11) is 0. The summed E-state index contributed by atoms with van der Waals surface area (Å²) in [5.41, 5.74) is 0.455. The molecule has 3 aromatic rings. The van der Waals surface area contributed by atoms with Gasteiger partial charge in [-0.25, -0.2) is 0 Å². The highest BCUT2D eigenvalue weighted by Gasteiger charge is 2.47. The van der Waals surface area contributed by atoms with E-state index < -0.39 is 35.6 Å². The monoisotopic (exact) mass is 498 g/mol. The molecule has 0 aliphatic carbocycles. The van der Waals surface area contributed by atoms with E-state index in [0.29, 0.717) is 11.3 Å². The van der Waals surface area contributed by atoms with Crippen LogP contribution >= 0.6 is 0 Å². The first kappa shape index (κ1) is 24.8. The Balaban J connectivity index is 1.83. The van der Waals surface area contributed by atoms with Crippen molar-refractivity contribution in [2.24, 2.45) is 0 Å². The SMILES string of the molecule is CC(C)Oc1ccc(/C(O)=C2\C(=O)C(=O)N(c3cccc(OC(F)(F)F)c3)C2c2ccncc2)cc1. The largest absolute Gasteiger partial charge is 0.573 e. The molecule has 1 unspecified atom stereocenters. The van der Waals surface area contributed by atoms with Gasteiger partial charge >= 0.3 is 6.36 Å². The van der Waals surface area contributed by atoms with Crippen LogP contribution in [0.4, 0.5) is 18.9 Å². The minimum absolute atomic E-state index is 0.0135. The Morgan fingerprint density at radius 3 is 2.28 bits per heavy atom. The maximum Gasteiger partial charge on any atom is 0.573 e. The Bertz CT molecular complexity index is 1310. The van der Waals surface area contributed by atoms with Crippen LogP contribution in [0.15, 0.2) is 78.6 Å². The van der Waals surface area contributed by atoms with Gasteiger partial charge in [-0.05, 0) is 67.9 Å². The van der Waals surface area contributed by atoms with Crippen LogP contribution in [-0.2, 0) is 9.59 Å². The normalized spacial score (nSPS) is 17.5. The number of alkyl halides is 3. The maximum absolute atomic E-state index is 13.2. The van der Waals surface area contributed by atoms with Crippen LogP contribution in [-0.4, -0.2) is 34.2 Å². The lowest BCUT2D eigenvalue weighted by atomic mass is 9.95. The zero-order chi connectivity index (χ0) is 26.0. The minimum Gasteiger partial charge on any atom is -0.507 e. The molecule has 186 valence electrons.